The second-order valence-electron chi connectivity index (χ2n) is 4.65. The fourth-order valence-corrected chi connectivity index (χ4v) is 2.16. The van der Waals surface area contributed by atoms with Gasteiger partial charge in [-0.3, -0.25) is 4.79 Å². The number of ketones is 1. The summed E-state index contributed by atoms with van der Waals surface area (Å²) in [5.41, 5.74) is -0.560. The average Bonchev–Trinajstić information content (AvgIpc) is 2.37. The fourth-order valence-electron chi connectivity index (χ4n) is 2.16. The Morgan fingerprint density at radius 2 is 1.61 bits per heavy atom. The van der Waals surface area contributed by atoms with Crippen LogP contribution in [0.5, 0.6) is 0 Å². The molecular formula is C14H26O4. The SMILES string of the molecule is CCCCOC(C(=O)O)C(=O)C(CC)(CC)CC. The highest BCUT2D eigenvalue weighted by Gasteiger charge is 2.41. The number of unbranched alkanes of at least 4 members (excludes halogenated alkanes) is 1. The van der Waals surface area contributed by atoms with Crippen molar-refractivity contribution in [3.8, 4) is 0 Å². The van der Waals surface area contributed by atoms with Crippen LogP contribution in [0.3, 0.4) is 0 Å². The third kappa shape index (κ3) is 4.09. The highest BCUT2D eigenvalue weighted by molar-refractivity contribution is 6.04. The Morgan fingerprint density at radius 1 is 1.11 bits per heavy atom. The van der Waals surface area contributed by atoms with Gasteiger partial charge in [-0.05, 0) is 25.7 Å². The molecule has 1 unspecified atom stereocenters. The van der Waals surface area contributed by atoms with E-state index in [1.807, 2.05) is 27.7 Å². The predicted molar refractivity (Wildman–Crippen MR) is 70.6 cm³/mol. The van der Waals surface area contributed by atoms with Gasteiger partial charge in [0.15, 0.2) is 5.78 Å². The molecule has 0 saturated heterocycles. The summed E-state index contributed by atoms with van der Waals surface area (Å²) in [6.07, 6.45) is 2.34. The van der Waals surface area contributed by atoms with Crippen molar-refractivity contribution < 1.29 is 19.4 Å². The highest BCUT2D eigenvalue weighted by Crippen LogP contribution is 2.33. The summed E-state index contributed by atoms with van der Waals surface area (Å²) in [4.78, 5) is 23.6. The van der Waals surface area contributed by atoms with Crippen LogP contribution in [0.2, 0.25) is 0 Å². The van der Waals surface area contributed by atoms with E-state index < -0.39 is 17.5 Å². The summed E-state index contributed by atoms with van der Waals surface area (Å²) in [5, 5.41) is 9.15. The van der Waals surface area contributed by atoms with Gasteiger partial charge in [0.1, 0.15) is 0 Å². The molecule has 1 atom stereocenters. The lowest BCUT2D eigenvalue weighted by Gasteiger charge is -2.31. The fraction of sp³-hybridized carbons (Fsp3) is 0.857. The lowest BCUT2D eigenvalue weighted by atomic mass is 9.74. The van der Waals surface area contributed by atoms with E-state index in [0.29, 0.717) is 25.9 Å². The summed E-state index contributed by atoms with van der Waals surface area (Å²) in [7, 11) is 0. The number of carbonyl (C=O) groups excluding carboxylic acids is 1. The van der Waals surface area contributed by atoms with Gasteiger partial charge in [0.2, 0.25) is 6.10 Å². The Labute approximate surface area is 110 Å². The Balaban J connectivity index is 4.88. The van der Waals surface area contributed by atoms with Crippen LogP contribution in [0.15, 0.2) is 0 Å². The zero-order valence-electron chi connectivity index (χ0n) is 12.0. The third-order valence-electron chi connectivity index (χ3n) is 3.80. The van der Waals surface area contributed by atoms with Crippen LogP contribution < -0.4 is 0 Å². The maximum absolute atomic E-state index is 12.4. The number of Topliss-reactive ketones (excluding diaryl/α,β-unsaturated/α-hetero) is 1. The topological polar surface area (TPSA) is 63.6 Å². The van der Waals surface area contributed by atoms with Crippen molar-refractivity contribution in [3.05, 3.63) is 0 Å². The van der Waals surface area contributed by atoms with Gasteiger partial charge in [0, 0.05) is 12.0 Å². The molecule has 0 radical (unpaired) electrons. The third-order valence-corrected chi connectivity index (χ3v) is 3.80. The maximum atomic E-state index is 12.4. The second kappa shape index (κ2) is 8.25. The van der Waals surface area contributed by atoms with Gasteiger partial charge in [-0.15, -0.1) is 0 Å². The molecule has 18 heavy (non-hydrogen) atoms. The largest absolute Gasteiger partial charge is 0.479 e. The van der Waals surface area contributed by atoms with Crippen molar-refractivity contribution in [2.24, 2.45) is 5.41 Å². The Kier molecular flexibility index (Phi) is 7.83. The van der Waals surface area contributed by atoms with Crippen molar-refractivity contribution >= 4 is 11.8 Å². The van der Waals surface area contributed by atoms with E-state index in [9.17, 15) is 9.59 Å². The van der Waals surface area contributed by atoms with Crippen LogP contribution >= 0.6 is 0 Å². The summed E-state index contributed by atoms with van der Waals surface area (Å²) in [5.74, 6) is -1.45. The molecule has 4 heteroatoms. The van der Waals surface area contributed by atoms with Crippen LogP contribution in [0, 0.1) is 5.41 Å². The van der Waals surface area contributed by atoms with Crippen molar-refractivity contribution in [2.75, 3.05) is 6.61 Å². The first-order chi connectivity index (χ1) is 8.48. The monoisotopic (exact) mass is 258 g/mol. The van der Waals surface area contributed by atoms with E-state index in [4.69, 9.17) is 9.84 Å². The van der Waals surface area contributed by atoms with Crippen LogP contribution in [-0.2, 0) is 14.3 Å². The van der Waals surface area contributed by atoms with Gasteiger partial charge in [-0.2, -0.15) is 0 Å². The van der Waals surface area contributed by atoms with E-state index in [1.165, 1.54) is 0 Å². The molecule has 1 N–H and O–H groups in total. The molecule has 0 rings (SSSR count). The van der Waals surface area contributed by atoms with Crippen molar-refractivity contribution in [3.63, 3.8) is 0 Å². The van der Waals surface area contributed by atoms with Gasteiger partial charge in [-0.1, -0.05) is 34.1 Å². The van der Waals surface area contributed by atoms with Gasteiger partial charge in [0.25, 0.3) is 0 Å². The van der Waals surface area contributed by atoms with Gasteiger partial charge >= 0.3 is 5.97 Å². The summed E-state index contributed by atoms with van der Waals surface area (Å²) in [6.45, 7) is 8.10. The Bertz CT molecular complexity index is 261. The molecule has 0 aromatic carbocycles. The minimum Gasteiger partial charge on any atom is -0.479 e. The molecule has 0 aliphatic rings. The smallest absolute Gasteiger partial charge is 0.340 e. The molecule has 106 valence electrons. The number of ether oxygens (including phenoxy) is 1. The molecular weight excluding hydrogens is 232 g/mol. The molecule has 0 aliphatic heterocycles. The van der Waals surface area contributed by atoms with Crippen molar-refractivity contribution in [1.29, 1.82) is 0 Å². The second-order valence-corrected chi connectivity index (χ2v) is 4.65. The number of aliphatic carboxylic acids is 1. The number of carboxylic acids is 1. The molecule has 0 bridgehead atoms. The van der Waals surface area contributed by atoms with Crippen LogP contribution in [0.1, 0.15) is 59.8 Å². The number of rotatable bonds is 10. The molecule has 0 spiro atoms. The summed E-state index contributed by atoms with van der Waals surface area (Å²) < 4.78 is 5.27. The lowest BCUT2D eigenvalue weighted by Crippen LogP contribution is -2.43. The average molecular weight is 258 g/mol. The quantitative estimate of drug-likeness (QED) is 0.483. The van der Waals surface area contributed by atoms with Crippen molar-refractivity contribution in [2.45, 2.75) is 65.9 Å². The number of carbonyl (C=O) groups is 2. The van der Waals surface area contributed by atoms with Crippen LogP contribution in [-0.4, -0.2) is 29.6 Å². The maximum Gasteiger partial charge on any atom is 0.340 e. The molecule has 0 heterocycles. The number of carboxylic acid groups (broad SMARTS) is 1. The highest BCUT2D eigenvalue weighted by atomic mass is 16.5. The van der Waals surface area contributed by atoms with Crippen LogP contribution in [0.25, 0.3) is 0 Å². The predicted octanol–water partition coefficient (Wildman–Crippen LogP) is 3.04. The Hall–Kier alpha value is -0.900. The van der Waals surface area contributed by atoms with Gasteiger partial charge < -0.3 is 9.84 Å². The lowest BCUT2D eigenvalue weighted by molar-refractivity contribution is -0.161. The van der Waals surface area contributed by atoms with E-state index in [0.717, 1.165) is 12.8 Å². The Morgan fingerprint density at radius 3 is 1.94 bits per heavy atom. The molecule has 0 saturated carbocycles. The molecule has 0 aliphatic carbocycles. The van der Waals surface area contributed by atoms with E-state index in [-0.39, 0.29) is 5.78 Å². The molecule has 4 nitrogen and oxygen atoms in total. The minimum absolute atomic E-state index is 0.279. The first kappa shape index (κ1) is 17.1. The van der Waals surface area contributed by atoms with Crippen molar-refractivity contribution in [1.82, 2.24) is 0 Å². The normalized spacial score (nSPS) is 13.3. The van der Waals surface area contributed by atoms with E-state index in [2.05, 4.69) is 0 Å². The first-order valence-corrected chi connectivity index (χ1v) is 6.87. The molecule has 0 aromatic heterocycles. The molecule has 0 fully saturated rings. The number of hydrogen-bond donors (Lipinski definition) is 1. The molecule has 0 aromatic rings. The molecule has 0 amide bonds. The van der Waals surface area contributed by atoms with E-state index >= 15 is 0 Å². The van der Waals surface area contributed by atoms with E-state index in [1.54, 1.807) is 0 Å². The van der Waals surface area contributed by atoms with Crippen LogP contribution in [0.4, 0.5) is 0 Å². The van der Waals surface area contributed by atoms with Gasteiger partial charge in [0.05, 0.1) is 0 Å². The zero-order valence-corrected chi connectivity index (χ0v) is 12.0. The first-order valence-electron chi connectivity index (χ1n) is 6.87. The van der Waals surface area contributed by atoms with Gasteiger partial charge in [-0.25, -0.2) is 4.79 Å². The standard InChI is InChI=1S/C14H26O4/c1-5-9-10-18-11(13(16)17)12(15)14(6-2,7-3)8-4/h11H,5-10H2,1-4H3,(H,16,17). The summed E-state index contributed by atoms with van der Waals surface area (Å²) >= 11 is 0. The minimum atomic E-state index is -1.31. The summed E-state index contributed by atoms with van der Waals surface area (Å²) in [6, 6.07) is 0. The number of hydrogen-bond acceptors (Lipinski definition) is 3. The zero-order chi connectivity index (χ0) is 14.2.